The third-order valence-electron chi connectivity index (χ3n) is 4.93. The van der Waals surface area contributed by atoms with Crippen molar-refractivity contribution in [3.63, 3.8) is 0 Å². The average molecular weight is 449 g/mol. The molecule has 3 rings (SSSR count). The third-order valence-corrected chi connectivity index (χ3v) is 4.93. The summed E-state index contributed by atoms with van der Waals surface area (Å²) in [6.07, 6.45) is -0.984. The first-order chi connectivity index (χ1) is 14.4. The standard InChI is InChI=1S/C16H25N5O3.C2HF3O2/c1-11(2)9-19-15(23)20-6-3-16(4-7-20)14-18-5-8-21(14)10-12(24-16)13(17)22;3-2(4,5)1(6)7/h5,8,11-12H,3-4,6-7,9-10H2,1-2H3,(H2,17,22)(H,19,23);(H,6,7). The lowest BCUT2D eigenvalue weighted by atomic mass is 9.88. The number of ether oxygens (including phenoxy) is 1. The molecule has 0 aromatic carbocycles. The van der Waals surface area contributed by atoms with Crippen molar-refractivity contribution in [1.29, 1.82) is 0 Å². The fourth-order valence-electron chi connectivity index (χ4n) is 3.36. The average Bonchev–Trinajstić information content (AvgIpc) is 3.16. The van der Waals surface area contributed by atoms with Crippen LogP contribution in [0.15, 0.2) is 12.4 Å². The lowest BCUT2D eigenvalue weighted by molar-refractivity contribution is -0.192. The van der Waals surface area contributed by atoms with E-state index in [0.29, 0.717) is 44.9 Å². The summed E-state index contributed by atoms with van der Waals surface area (Å²) in [5.74, 6) is -1.99. The molecule has 174 valence electrons. The first-order valence-corrected chi connectivity index (χ1v) is 9.67. The first kappa shape index (κ1) is 24.4. The van der Waals surface area contributed by atoms with Crippen molar-refractivity contribution in [3.8, 4) is 0 Å². The number of urea groups is 1. The van der Waals surface area contributed by atoms with Gasteiger partial charge in [0.15, 0.2) is 6.10 Å². The number of hydrogen-bond donors (Lipinski definition) is 3. The van der Waals surface area contributed by atoms with Crippen molar-refractivity contribution >= 4 is 17.9 Å². The molecule has 10 nitrogen and oxygen atoms in total. The first-order valence-electron chi connectivity index (χ1n) is 9.67. The Hall–Kier alpha value is -2.83. The maximum absolute atomic E-state index is 12.2. The fraction of sp³-hybridized carbons (Fsp3) is 0.667. The summed E-state index contributed by atoms with van der Waals surface area (Å²) in [6, 6.07) is -0.0517. The van der Waals surface area contributed by atoms with E-state index in [1.54, 1.807) is 11.1 Å². The topological polar surface area (TPSA) is 140 Å². The summed E-state index contributed by atoms with van der Waals surface area (Å²) in [5, 5.41) is 10.1. The molecule has 1 atom stereocenters. The summed E-state index contributed by atoms with van der Waals surface area (Å²) >= 11 is 0. The molecule has 1 spiro atoms. The maximum Gasteiger partial charge on any atom is 0.490 e. The second kappa shape index (κ2) is 9.54. The summed E-state index contributed by atoms with van der Waals surface area (Å²) < 4.78 is 39.7. The van der Waals surface area contributed by atoms with Crippen LogP contribution in [0.4, 0.5) is 18.0 Å². The van der Waals surface area contributed by atoms with Gasteiger partial charge in [0.2, 0.25) is 5.91 Å². The molecule has 1 aromatic rings. The molecule has 1 aromatic heterocycles. The van der Waals surface area contributed by atoms with Gasteiger partial charge in [-0.05, 0) is 5.92 Å². The van der Waals surface area contributed by atoms with Crippen LogP contribution >= 0.6 is 0 Å². The number of primary amides is 1. The second-order valence-electron chi connectivity index (χ2n) is 7.78. The van der Waals surface area contributed by atoms with Gasteiger partial charge in [-0.3, -0.25) is 4.79 Å². The number of carbonyl (C=O) groups is 3. The molecule has 0 bridgehead atoms. The number of nitrogens with one attached hydrogen (secondary N) is 1. The second-order valence-corrected chi connectivity index (χ2v) is 7.78. The Morgan fingerprint density at radius 1 is 1.35 bits per heavy atom. The van der Waals surface area contributed by atoms with Crippen molar-refractivity contribution in [2.75, 3.05) is 19.6 Å². The Labute approximate surface area is 176 Å². The van der Waals surface area contributed by atoms with Crippen molar-refractivity contribution in [2.24, 2.45) is 11.7 Å². The third kappa shape index (κ3) is 6.09. The van der Waals surface area contributed by atoms with Gasteiger partial charge in [0.1, 0.15) is 11.4 Å². The fourth-order valence-corrected chi connectivity index (χ4v) is 3.36. The zero-order valence-electron chi connectivity index (χ0n) is 17.2. The Morgan fingerprint density at radius 2 is 1.94 bits per heavy atom. The molecular formula is C18H26F3N5O5. The minimum absolute atomic E-state index is 0.0517. The number of nitrogens with zero attached hydrogens (tertiary/aromatic N) is 3. The lowest BCUT2D eigenvalue weighted by Crippen LogP contribution is -2.55. The minimum atomic E-state index is -5.08. The van der Waals surface area contributed by atoms with E-state index in [1.807, 2.05) is 10.8 Å². The number of piperidine rings is 1. The molecule has 3 heterocycles. The Kier molecular flexibility index (Phi) is 7.52. The molecule has 3 amide bonds. The summed E-state index contributed by atoms with van der Waals surface area (Å²) in [4.78, 5) is 39.0. The highest BCUT2D eigenvalue weighted by atomic mass is 19.4. The van der Waals surface area contributed by atoms with Crippen molar-refractivity contribution in [3.05, 3.63) is 18.2 Å². The number of nitrogens with two attached hydrogens (primary N) is 1. The highest BCUT2D eigenvalue weighted by Crippen LogP contribution is 2.39. The maximum atomic E-state index is 12.2. The molecule has 2 aliphatic heterocycles. The normalized spacial score (nSPS) is 19.9. The molecule has 0 radical (unpaired) electrons. The van der Waals surface area contributed by atoms with Crippen LogP contribution in [-0.4, -0.2) is 69.4 Å². The molecule has 0 aliphatic carbocycles. The number of alkyl halides is 3. The molecule has 4 N–H and O–H groups in total. The van der Waals surface area contributed by atoms with Crippen LogP contribution in [0, 0.1) is 5.92 Å². The van der Waals surface area contributed by atoms with E-state index >= 15 is 0 Å². The lowest BCUT2D eigenvalue weighted by Gasteiger charge is -2.45. The van der Waals surface area contributed by atoms with Gasteiger partial charge in [0.05, 0.1) is 6.54 Å². The molecule has 1 saturated heterocycles. The number of rotatable bonds is 3. The number of carboxylic acid groups (broad SMARTS) is 1. The minimum Gasteiger partial charge on any atom is -0.475 e. The van der Waals surface area contributed by atoms with Gasteiger partial charge >= 0.3 is 18.2 Å². The Bertz CT molecular complexity index is 803. The zero-order valence-corrected chi connectivity index (χ0v) is 17.2. The van der Waals surface area contributed by atoms with E-state index in [1.165, 1.54) is 0 Å². The van der Waals surface area contributed by atoms with E-state index in [0.717, 1.165) is 5.82 Å². The largest absolute Gasteiger partial charge is 0.490 e. The highest BCUT2D eigenvalue weighted by molar-refractivity contribution is 5.79. The molecule has 1 unspecified atom stereocenters. The number of imidazole rings is 1. The van der Waals surface area contributed by atoms with Gasteiger partial charge in [0.25, 0.3) is 0 Å². The molecule has 31 heavy (non-hydrogen) atoms. The van der Waals surface area contributed by atoms with E-state index in [-0.39, 0.29) is 6.03 Å². The summed E-state index contributed by atoms with van der Waals surface area (Å²) in [6.45, 7) is 6.29. The van der Waals surface area contributed by atoms with Crippen LogP contribution in [0.25, 0.3) is 0 Å². The molecule has 0 saturated carbocycles. The quantitative estimate of drug-likeness (QED) is 0.630. The monoisotopic (exact) mass is 449 g/mol. The van der Waals surface area contributed by atoms with Crippen LogP contribution in [-0.2, 0) is 26.5 Å². The Balaban J connectivity index is 0.000000423. The van der Waals surface area contributed by atoms with Gasteiger partial charge in [-0.25, -0.2) is 14.6 Å². The van der Waals surface area contributed by atoms with Crippen LogP contribution < -0.4 is 11.1 Å². The smallest absolute Gasteiger partial charge is 0.475 e. The number of fused-ring (bicyclic) bond motifs is 2. The number of likely N-dealkylation sites (tertiary alicyclic amines) is 1. The number of carbonyl (C=O) groups excluding carboxylic acids is 2. The number of carboxylic acids is 1. The van der Waals surface area contributed by atoms with Crippen LogP contribution in [0.1, 0.15) is 32.5 Å². The van der Waals surface area contributed by atoms with Gasteiger partial charge < -0.3 is 30.4 Å². The number of amides is 3. The van der Waals surface area contributed by atoms with Gasteiger partial charge in [-0.1, -0.05) is 13.8 Å². The number of aromatic nitrogens is 2. The zero-order chi connectivity index (χ0) is 23.4. The molecule has 13 heteroatoms. The highest BCUT2D eigenvalue weighted by Gasteiger charge is 2.47. The molecule has 1 fully saturated rings. The Morgan fingerprint density at radius 3 is 2.42 bits per heavy atom. The predicted octanol–water partition coefficient (Wildman–Crippen LogP) is 1.06. The van der Waals surface area contributed by atoms with Crippen LogP contribution in [0.5, 0.6) is 0 Å². The van der Waals surface area contributed by atoms with Crippen molar-refractivity contribution in [2.45, 2.75) is 51.1 Å². The summed E-state index contributed by atoms with van der Waals surface area (Å²) in [7, 11) is 0. The van der Waals surface area contributed by atoms with E-state index < -0.39 is 29.8 Å². The van der Waals surface area contributed by atoms with Gasteiger partial charge in [-0.15, -0.1) is 0 Å². The number of aliphatic carboxylic acids is 1. The van der Waals surface area contributed by atoms with E-state index in [2.05, 4.69) is 24.1 Å². The number of hydrogen-bond acceptors (Lipinski definition) is 5. The van der Waals surface area contributed by atoms with Crippen LogP contribution in [0.3, 0.4) is 0 Å². The van der Waals surface area contributed by atoms with E-state index in [4.69, 9.17) is 20.4 Å². The predicted molar refractivity (Wildman–Crippen MR) is 101 cm³/mol. The van der Waals surface area contributed by atoms with Crippen molar-refractivity contribution in [1.82, 2.24) is 19.8 Å². The van der Waals surface area contributed by atoms with Gasteiger partial charge in [0, 0.05) is 44.9 Å². The SMILES string of the molecule is CC(C)CNC(=O)N1CCC2(CC1)OC(C(N)=O)Cn1ccnc12.O=C(O)C(F)(F)F. The van der Waals surface area contributed by atoms with Crippen LogP contribution in [0.2, 0.25) is 0 Å². The summed E-state index contributed by atoms with van der Waals surface area (Å²) in [5.41, 5.74) is 4.81. The van der Waals surface area contributed by atoms with Crippen molar-refractivity contribution < 1.29 is 37.4 Å². The van der Waals surface area contributed by atoms with E-state index in [9.17, 15) is 22.8 Å². The molecule has 2 aliphatic rings. The van der Waals surface area contributed by atoms with Gasteiger partial charge in [-0.2, -0.15) is 13.2 Å². The number of halogens is 3. The molecular weight excluding hydrogens is 423 g/mol.